The van der Waals surface area contributed by atoms with Crippen LogP contribution in [-0.2, 0) is 0 Å². The van der Waals surface area contributed by atoms with Crippen LogP contribution in [-0.4, -0.2) is 54.1 Å². The molecule has 0 bridgehead atoms. The summed E-state index contributed by atoms with van der Waals surface area (Å²) in [7, 11) is 1.55. The fourth-order valence-electron chi connectivity index (χ4n) is 3.26. The Bertz CT molecular complexity index is 987. The van der Waals surface area contributed by atoms with E-state index in [1.807, 2.05) is 29.2 Å². The summed E-state index contributed by atoms with van der Waals surface area (Å²) in [6.07, 6.45) is 1.79. The van der Waals surface area contributed by atoms with Gasteiger partial charge < -0.3 is 14.5 Å². The Morgan fingerprint density at radius 2 is 1.81 bits per heavy atom. The SMILES string of the molecule is COc1ccc(Cl)cc1C(=O)N1CCN(c2cnc3ccccc3n2)CC1. The Balaban J connectivity index is 1.48. The molecule has 27 heavy (non-hydrogen) atoms. The number of carbonyl (C=O) groups is 1. The van der Waals surface area contributed by atoms with Crippen molar-refractivity contribution in [2.45, 2.75) is 0 Å². The maximum atomic E-state index is 12.9. The van der Waals surface area contributed by atoms with Crippen LogP contribution in [0.15, 0.2) is 48.7 Å². The molecule has 1 fully saturated rings. The van der Waals surface area contributed by atoms with E-state index in [0.717, 1.165) is 16.9 Å². The average molecular weight is 383 g/mol. The summed E-state index contributed by atoms with van der Waals surface area (Å²) in [4.78, 5) is 26.0. The number of nitrogens with zero attached hydrogens (tertiary/aromatic N) is 4. The molecule has 1 aromatic heterocycles. The zero-order valence-corrected chi connectivity index (χ0v) is 15.7. The minimum Gasteiger partial charge on any atom is -0.496 e. The molecule has 2 heterocycles. The molecule has 0 N–H and O–H groups in total. The van der Waals surface area contributed by atoms with Gasteiger partial charge in [0.25, 0.3) is 5.91 Å². The molecule has 2 aromatic carbocycles. The molecule has 7 heteroatoms. The molecule has 0 saturated carbocycles. The van der Waals surface area contributed by atoms with Crippen LogP contribution in [0.25, 0.3) is 11.0 Å². The van der Waals surface area contributed by atoms with Gasteiger partial charge in [-0.3, -0.25) is 9.78 Å². The normalized spacial score (nSPS) is 14.4. The number of ether oxygens (including phenoxy) is 1. The highest BCUT2D eigenvalue weighted by atomic mass is 35.5. The lowest BCUT2D eigenvalue weighted by Gasteiger charge is -2.35. The molecule has 0 radical (unpaired) electrons. The Hall–Kier alpha value is -2.86. The third-order valence-electron chi connectivity index (χ3n) is 4.72. The van der Waals surface area contributed by atoms with E-state index in [9.17, 15) is 4.79 Å². The number of fused-ring (bicyclic) bond motifs is 1. The Kier molecular flexibility index (Phi) is 4.81. The predicted molar refractivity (Wildman–Crippen MR) is 106 cm³/mol. The molecule has 6 nitrogen and oxygen atoms in total. The van der Waals surface area contributed by atoms with Crippen LogP contribution in [0.2, 0.25) is 5.02 Å². The van der Waals surface area contributed by atoms with Crippen LogP contribution < -0.4 is 9.64 Å². The lowest BCUT2D eigenvalue weighted by atomic mass is 10.1. The van der Waals surface area contributed by atoms with Crippen molar-refractivity contribution in [3.05, 3.63) is 59.2 Å². The lowest BCUT2D eigenvalue weighted by Crippen LogP contribution is -2.49. The molecule has 1 amide bonds. The van der Waals surface area contributed by atoms with Gasteiger partial charge in [-0.1, -0.05) is 23.7 Å². The number of piperazine rings is 1. The van der Waals surface area contributed by atoms with Crippen molar-refractivity contribution in [3.8, 4) is 5.75 Å². The molecular formula is C20H19ClN4O2. The topological polar surface area (TPSA) is 58.6 Å². The summed E-state index contributed by atoms with van der Waals surface area (Å²) in [5, 5.41) is 0.518. The first-order valence-corrected chi connectivity index (χ1v) is 9.13. The highest BCUT2D eigenvalue weighted by molar-refractivity contribution is 6.31. The van der Waals surface area contributed by atoms with E-state index in [0.29, 0.717) is 42.5 Å². The van der Waals surface area contributed by atoms with Gasteiger partial charge in [0, 0.05) is 31.2 Å². The van der Waals surface area contributed by atoms with Crippen LogP contribution in [0, 0.1) is 0 Å². The van der Waals surface area contributed by atoms with Crippen LogP contribution in [0.5, 0.6) is 5.75 Å². The molecule has 1 aliphatic rings. The van der Waals surface area contributed by atoms with E-state index in [-0.39, 0.29) is 5.91 Å². The molecule has 4 rings (SSSR count). The summed E-state index contributed by atoms with van der Waals surface area (Å²) >= 11 is 6.06. The van der Waals surface area contributed by atoms with E-state index in [2.05, 4.69) is 14.9 Å². The van der Waals surface area contributed by atoms with Gasteiger partial charge in [0.05, 0.1) is 29.9 Å². The molecule has 1 aliphatic heterocycles. The number of halogens is 1. The first kappa shape index (κ1) is 17.5. The third-order valence-corrected chi connectivity index (χ3v) is 4.95. The minimum atomic E-state index is -0.0707. The van der Waals surface area contributed by atoms with Crippen LogP contribution >= 0.6 is 11.6 Å². The van der Waals surface area contributed by atoms with E-state index in [1.165, 1.54) is 0 Å². The highest BCUT2D eigenvalue weighted by Crippen LogP contribution is 2.25. The molecule has 0 unspecified atom stereocenters. The predicted octanol–water partition coefficient (Wildman–Crippen LogP) is 3.25. The van der Waals surface area contributed by atoms with Gasteiger partial charge in [-0.2, -0.15) is 0 Å². The quantitative estimate of drug-likeness (QED) is 0.696. The second-order valence-corrected chi connectivity index (χ2v) is 6.78. The number of aromatic nitrogens is 2. The number of amides is 1. The second-order valence-electron chi connectivity index (χ2n) is 6.34. The van der Waals surface area contributed by atoms with Crippen molar-refractivity contribution in [2.24, 2.45) is 0 Å². The van der Waals surface area contributed by atoms with Crippen molar-refractivity contribution in [3.63, 3.8) is 0 Å². The van der Waals surface area contributed by atoms with Gasteiger partial charge in [0.15, 0.2) is 0 Å². The molecule has 1 saturated heterocycles. The van der Waals surface area contributed by atoms with Crippen LogP contribution in [0.1, 0.15) is 10.4 Å². The number of benzene rings is 2. The van der Waals surface area contributed by atoms with Crippen molar-refractivity contribution in [1.29, 1.82) is 0 Å². The summed E-state index contributed by atoms with van der Waals surface area (Å²) in [5.74, 6) is 1.30. The molecular weight excluding hydrogens is 364 g/mol. The number of hydrogen-bond donors (Lipinski definition) is 0. The minimum absolute atomic E-state index is 0.0707. The highest BCUT2D eigenvalue weighted by Gasteiger charge is 2.25. The summed E-state index contributed by atoms with van der Waals surface area (Å²) in [5.41, 5.74) is 2.24. The van der Waals surface area contributed by atoms with Gasteiger partial charge in [0.1, 0.15) is 11.6 Å². The number of hydrogen-bond acceptors (Lipinski definition) is 5. The van der Waals surface area contributed by atoms with Gasteiger partial charge in [-0.25, -0.2) is 4.98 Å². The average Bonchev–Trinajstić information content (AvgIpc) is 2.73. The third kappa shape index (κ3) is 3.53. The zero-order valence-electron chi connectivity index (χ0n) is 14.9. The maximum absolute atomic E-state index is 12.9. The smallest absolute Gasteiger partial charge is 0.257 e. The van der Waals surface area contributed by atoms with Crippen molar-refractivity contribution in [2.75, 3.05) is 38.2 Å². The summed E-state index contributed by atoms with van der Waals surface area (Å²) in [6.45, 7) is 2.59. The van der Waals surface area contributed by atoms with Gasteiger partial charge >= 0.3 is 0 Å². The number of rotatable bonds is 3. The van der Waals surface area contributed by atoms with Crippen LogP contribution in [0.3, 0.4) is 0 Å². The fourth-order valence-corrected chi connectivity index (χ4v) is 3.43. The van der Waals surface area contributed by atoms with E-state index >= 15 is 0 Å². The van der Waals surface area contributed by atoms with Gasteiger partial charge in [-0.05, 0) is 30.3 Å². The lowest BCUT2D eigenvalue weighted by molar-refractivity contribution is 0.0743. The largest absolute Gasteiger partial charge is 0.496 e. The Labute approximate surface area is 162 Å². The summed E-state index contributed by atoms with van der Waals surface area (Å²) in [6, 6.07) is 12.9. The first-order valence-electron chi connectivity index (χ1n) is 8.75. The Morgan fingerprint density at radius 1 is 1.07 bits per heavy atom. The number of para-hydroxylation sites is 2. The van der Waals surface area contributed by atoms with Gasteiger partial charge in [0.2, 0.25) is 0 Å². The Morgan fingerprint density at radius 3 is 2.56 bits per heavy atom. The van der Waals surface area contributed by atoms with E-state index in [1.54, 1.807) is 31.5 Å². The van der Waals surface area contributed by atoms with E-state index in [4.69, 9.17) is 16.3 Å². The number of carbonyl (C=O) groups excluding carboxylic acids is 1. The van der Waals surface area contributed by atoms with E-state index < -0.39 is 0 Å². The number of methoxy groups -OCH3 is 1. The standard InChI is InChI=1S/C20H19ClN4O2/c1-27-18-7-6-14(21)12-15(18)20(26)25-10-8-24(9-11-25)19-13-22-16-4-2-3-5-17(16)23-19/h2-7,12-13H,8-11H2,1H3. The molecule has 0 atom stereocenters. The molecule has 0 aliphatic carbocycles. The monoisotopic (exact) mass is 382 g/mol. The van der Waals surface area contributed by atoms with Crippen LogP contribution in [0.4, 0.5) is 5.82 Å². The first-order chi connectivity index (χ1) is 13.2. The summed E-state index contributed by atoms with van der Waals surface area (Å²) < 4.78 is 5.31. The van der Waals surface area contributed by atoms with Crippen molar-refractivity contribution < 1.29 is 9.53 Å². The zero-order chi connectivity index (χ0) is 18.8. The molecule has 3 aromatic rings. The van der Waals surface area contributed by atoms with Crippen molar-refractivity contribution >= 4 is 34.4 Å². The second kappa shape index (κ2) is 7.40. The maximum Gasteiger partial charge on any atom is 0.257 e. The van der Waals surface area contributed by atoms with Gasteiger partial charge in [-0.15, -0.1) is 0 Å². The molecule has 0 spiro atoms. The van der Waals surface area contributed by atoms with Crippen molar-refractivity contribution in [1.82, 2.24) is 14.9 Å². The number of anilines is 1. The molecule has 138 valence electrons. The fraction of sp³-hybridized carbons (Fsp3) is 0.250.